The van der Waals surface area contributed by atoms with Gasteiger partial charge in [0, 0.05) is 37.4 Å². The van der Waals surface area contributed by atoms with E-state index < -0.39 is 0 Å². The van der Waals surface area contributed by atoms with Crippen molar-refractivity contribution in [3.8, 4) is 0 Å². The van der Waals surface area contributed by atoms with Crippen molar-refractivity contribution in [2.75, 3.05) is 37.7 Å². The predicted molar refractivity (Wildman–Crippen MR) is 83.1 cm³/mol. The molecule has 0 aromatic heterocycles. The summed E-state index contributed by atoms with van der Waals surface area (Å²) in [6.45, 7) is 5.18. The molecule has 0 bridgehead atoms. The molecule has 0 atom stereocenters. The normalized spacial score (nSPS) is 15.1. The number of rotatable bonds is 3. The molecule has 0 unspecified atom stereocenters. The number of carbonyl (C=O) groups excluding carboxylic acids is 1. The zero-order valence-electron chi connectivity index (χ0n) is 11.5. The van der Waals surface area contributed by atoms with Crippen molar-refractivity contribution in [2.45, 2.75) is 6.92 Å². The van der Waals surface area contributed by atoms with Crippen molar-refractivity contribution in [1.82, 2.24) is 4.90 Å². The Hall–Kier alpha value is -1.82. The third kappa shape index (κ3) is 3.39. The van der Waals surface area contributed by atoms with Gasteiger partial charge in [0.05, 0.1) is 6.61 Å². The molecule has 1 fully saturated rings. The number of nitrogens with zero attached hydrogens (tertiary/aromatic N) is 2. The molecule has 0 aliphatic carbocycles. The molecule has 0 saturated carbocycles. The molecule has 5 nitrogen and oxygen atoms in total. The number of hydrogen-bond donors (Lipinski definition) is 1. The van der Waals surface area contributed by atoms with Crippen LogP contribution in [0.5, 0.6) is 0 Å². The van der Waals surface area contributed by atoms with E-state index >= 15 is 0 Å². The van der Waals surface area contributed by atoms with Crippen molar-refractivity contribution in [3.63, 3.8) is 0 Å². The lowest BCUT2D eigenvalue weighted by Gasteiger charge is -2.35. The lowest BCUT2D eigenvalue weighted by Crippen LogP contribution is -2.49. The van der Waals surface area contributed by atoms with E-state index in [4.69, 9.17) is 22.7 Å². The Balaban J connectivity index is 1.93. The molecule has 1 aromatic carbocycles. The molecular weight excluding hydrogens is 274 g/mol. The average Bonchev–Trinajstić information content (AvgIpc) is 2.48. The van der Waals surface area contributed by atoms with Crippen LogP contribution in [0.3, 0.4) is 0 Å². The lowest BCUT2D eigenvalue weighted by atomic mass is 10.2. The number of amides is 1. The van der Waals surface area contributed by atoms with Gasteiger partial charge in [0.1, 0.15) is 4.99 Å². The molecular formula is C14H19N3O2S. The number of ether oxygens (including phenoxy) is 1. The molecule has 20 heavy (non-hydrogen) atoms. The number of thiocarbonyl (C=S) groups is 1. The highest BCUT2D eigenvalue weighted by atomic mass is 32.1. The Kier molecular flexibility index (Phi) is 4.79. The topological polar surface area (TPSA) is 58.8 Å². The summed E-state index contributed by atoms with van der Waals surface area (Å²) in [6, 6.07) is 7.87. The number of anilines is 1. The van der Waals surface area contributed by atoms with Gasteiger partial charge in [-0.15, -0.1) is 0 Å². The zero-order chi connectivity index (χ0) is 14.5. The highest BCUT2D eigenvalue weighted by molar-refractivity contribution is 7.80. The Morgan fingerprint density at radius 3 is 2.35 bits per heavy atom. The van der Waals surface area contributed by atoms with Crippen LogP contribution in [0.25, 0.3) is 0 Å². The first-order valence-corrected chi connectivity index (χ1v) is 7.09. The monoisotopic (exact) mass is 293 g/mol. The summed E-state index contributed by atoms with van der Waals surface area (Å²) in [5, 5.41) is 0. The van der Waals surface area contributed by atoms with Gasteiger partial charge in [-0.05, 0) is 31.2 Å². The van der Waals surface area contributed by atoms with E-state index in [9.17, 15) is 4.79 Å². The van der Waals surface area contributed by atoms with Crippen molar-refractivity contribution in [1.29, 1.82) is 0 Å². The van der Waals surface area contributed by atoms with Gasteiger partial charge in [-0.3, -0.25) is 0 Å². The third-order valence-electron chi connectivity index (χ3n) is 3.32. The van der Waals surface area contributed by atoms with Crippen molar-refractivity contribution in [3.05, 3.63) is 29.8 Å². The third-order valence-corrected chi connectivity index (χ3v) is 3.56. The summed E-state index contributed by atoms with van der Waals surface area (Å²) in [7, 11) is 0. The highest BCUT2D eigenvalue weighted by Gasteiger charge is 2.21. The summed E-state index contributed by atoms with van der Waals surface area (Å²) in [6.07, 6.45) is -0.226. The molecule has 1 saturated heterocycles. The van der Waals surface area contributed by atoms with Gasteiger partial charge in [0.2, 0.25) is 0 Å². The summed E-state index contributed by atoms with van der Waals surface area (Å²) in [4.78, 5) is 16.0. The standard InChI is InChI=1S/C14H19N3O2S/c1-2-19-14(18)17-9-7-16(8-10-17)12-5-3-11(4-6-12)13(15)20/h3-6H,2,7-10H2,1H3,(H2,15,20). The van der Waals surface area contributed by atoms with Crippen molar-refractivity contribution in [2.24, 2.45) is 5.73 Å². The summed E-state index contributed by atoms with van der Waals surface area (Å²) >= 11 is 4.94. The number of piperazine rings is 1. The van der Waals surface area contributed by atoms with Crippen LogP contribution in [-0.4, -0.2) is 48.8 Å². The molecule has 1 aliphatic rings. The Labute approximate surface area is 124 Å². The fraction of sp³-hybridized carbons (Fsp3) is 0.429. The van der Waals surface area contributed by atoms with Crippen LogP contribution in [0.4, 0.5) is 10.5 Å². The minimum atomic E-state index is -0.226. The Bertz CT molecular complexity index is 482. The van der Waals surface area contributed by atoms with E-state index in [1.165, 1.54) is 0 Å². The number of nitrogens with two attached hydrogens (primary N) is 1. The quantitative estimate of drug-likeness (QED) is 0.858. The number of benzene rings is 1. The fourth-order valence-electron chi connectivity index (χ4n) is 2.20. The van der Waals surface area contributed by atoms with Crippen LogP contribution < -0.4 is 10.6 Å². The summed E-state index contributed by atoms with van der Waals surface area (Å²) in [5.74, 6) is 0. The van der Waals surface area contributed by atoms with E-state index in [0.29, 0.717) is 24.7 Å². The fourth-order valence-corrected chi connectivity index (χ4v) is 2.33. The average molecular weight is 293 g/mol. The van der Waals surface area contributed by atoms with Crippen LogP contribution in [0.15, 0.2) is 24.3 Å². The smallest absolute Gasteiger partial charge is 0.409 e. The minimum Gasteiger partial charge on any atom is -0.450 e. The van der Waals surface area contributed by atoms with Gasteiger partial charge < -0.3 is 20.3 Å². The van der Waals surface area contributed by atoms with Crippen molar-refractivity contribution >= 4 is 29.0 Å². The van der Waals surface area contributed by atoms with Gasteiger partial charge in [-0.2, -0.15) is 0 Å². The second-order valence-corrected chi connectivity index (χ2v) is 5.02. The molecule has 1 aliphatic heterocycles. The van der Waals surface area contributed by atoms with Gasteiger partial charge in [-0.25, -0.2) is 4.79 Å². The molecule has 2 rings (SSSR count). The highest BCUT2D eigenvalue weighted by Crippen LogP contribution is 2.17. The first-order valence-electron chi connectivity index (χ1n) is 6.68. The molecule has 108 valence electrons. The predicted octanol–water partition coefficient (Wildman–Crippen LogP) is 1.60. The first kappa shape index (κ1) is 14.6. The molecule has 1 aromatic rings. The Morgan fingerprint density at radius 1 is 1.25 bits per heavy atom. The van der Waals surface area contributed by atoms with E-state index in [-0.39, 0.29) is 6.09 Å². The minimum absolute atomic E-state index is 0.226. The van der Waals surface area contributed by atoms with Gasteiger partial charge in [-0.1, -0.05) is 12.2 Å². The number of carbonyl (C=O) groups is 1. The second kappa shape index (κ2) is 6.56. The molecule has 6 heteroatoms. The van der Waals surface area contributed by atoms with E-state index in [1.54, 1.807) is 4.90 Å². The van der Waals surface area contributed by atoms with Crippen LogP contribution in [-0.2, 0) is 4.74 Å². The zero-order valence-corrected chi connectivity index (χ0v) is 12.4. The lowest BCUT2D eigenvalue weighted by molar-refractivity contribution is 0.105. The number of hydrogen-bond acceptors (Lipinski definition) is 4. The molecule has 1 heterocycles. The van der Waals surface area contributed by atoms with Crippen LogP contribution in [0, 0.1) is 0 Å². The van der Waals surface area contributed by atoms with Gasteiger partial charge >= 0.3 is 6.09 Å². The summed E-state index contributed by atoms with van der Waals surface area (Å²) < 4.78 is 5.00. The van der Waals surface area contributed by atoms with Crippen LogP contribution in [0.1, 0.15) is 12.5 Å². The maximum Gasteiger partial charge on any atom is 0.409 e. The van der Waals surface area contributed by atoms with Crippen LogP contribution in [0.2, 0.25) is 0 Å². The molecule has 0 spiro atoms. The first-order chi connectivity index (χ1) is 9.61. The van der Waals surface area contributed by atoms with Crippen LogP contribution >= 0.6 is 12.2 Å². The molecule has 0 radical (unpaired) electrons. The largest absolute Gasteiger partial charge is 0.450 e. The van der Waals surface area contributed by atoms with Gasteiger partial charge in [0.25, 0.3) is 0 Å². The molecule has 1 amide bonds. The maximum atomic E-state index is 11.6. The SMILES string of the molecule is CCOC(=O)N1CCN(c2ccc(C(N)=S)cc2)CC1. The Morgan fingerprint density at radius 2 is 1.85 bits per heavy atom. The molecule has 2 N–H and O–H groups in total. The van der Waals surface area contributed by atoms with E-state index in [0.717, 1.165) is 24.3 Å². The summed E-state index contributed by atoms with van der Waals surface area (Å²) in [5.41, 5.74) is 7.57. The maximum absolute atomic E-state index is 11.6. The van der Waals surface area contributed by atoms with Gasteiger partial charge in [0.15, 0.2) is 0 Å². The van der Waals surface area contributed by atoms with E-state index in [2.05, 4.69) is 4.90 Å². The second-order valence-electron chi connectivity index (χ2n) is 4.58. The van der Waals surface area contributed by atoms with E-state index in [1.807, 2.05) is 31.2 Å². The van der Waals surface area contributed by atoms with Crippen molar-refractivity contribution < 1.29 is 9.53 Å².